The quantitative estimate of drug-likeness (QED) is 0.839. The van der Waals surface area contributed by atoms with Crippen LogP contribution in [0.2, 0.25) is 0 Å². The SMILES string of the molecule is CCC(Cc1nc(Cc2ccccc2OC)no1)NC. The van der Waals surface area contributed by atoms with Gasteiger partial charge in [0.15, 0.2) is 5.82 Å². The highest BCUT2D eigenvalue weighted by molar-refractivity contribution is 5.35. The highest BCUT2D eigenvalue weighted by atomic mass is 16.5. The molecule has 1 heterocycles. The molecular formula is C15H21N3O2. The van der Waals surface area contributed by atoms with Gasteiger partial charge in [-0.1, -0.05) is 30.3 Å². The second kappa shape index (κ2) is 7.05. The summed E-state index contributed by atoms with van der Waals surface area (Å²) in [5.41, 5.74) is 1.06. The van der Waals surface area contributed by atoms with Crippen LogP contribution in [0.25, 0.3) is 0 Å². The molecule has 20 heavy (non-hydrogen) atoms. The highest BCUT2D eigenvalue weighted by Gasteiger charge is 2.13. The molecule has 2 rings (SSSR count). The van der Waals surface area contributed by atoms with Crippen LogP contribution in [-0.4, -0.2) is 30.3 Å². The first-order valence-electron chi connectivity index (χ1n) is 6.87. The summed E-state index contributed by atoms with van der Waals surface area (Å²) in [5.74, 6) is 2.21. The number of ether oxygens (including phenoxy) is 1. The number of hydrogen-bond acceptors (Lipinski definition) is 5. The van der Waals surface area contributed by atoms with Gasteiger partial charge in [0.25, 0.3) is 0 Å². The smallest absolute Gasteiger partial charge is 0.228 e. The fourth-order valence-corrected chi connectivity index (χ4v) is 2.13. The topological polar surface area (TPSA) is 60.2 Å². The number of hydrogen-bond donors (Lipinski definition) is 1. The summed E-state index contributed by atoms with van der Waals surface area (Å²) >= 11 is 0. The van der Waals surface area contributed by atoms with Crippen molar-refractivity contribution >= 4 is 0 Å². The molecule has 0 aliphatic carbocycles. The Balaban J connectivity index is 2.06. The molecule has 0 fully saturated rings. The highest BCUT2D eigenvalue weighted by Crippen LogP contribution is 2.19. The van der Waals surface area contributed by atoms with E-state index >= 15 is 0 Å². The summed E-state index contributed by atoms with van der Waals surface area (Å²) in [6.07, 6.45) is 2.40. The van der Waals surface area contributed by atoms with Crippen molar-refractivity contribution in [2.24, 2.45) is 0 Å². The lowest BCUT2D eigenvalue weighted by Crippen LogP contribution is -2.26. The van der Waals surface area contributed by atoms with Gasteiger partial charge in [-0.05, 0) is 19.5 Å². The number of nitrogens with one attached hydrogen (secondary N) is 1. The van der Waals surface area contributed by atoms with Crippen LogP contribution in [0.3, 0.4) is 0 Å². The predicted octanol–water partition coefficient (Wildman–Crippen LogP) is 2.21. The van der Waals surface area contributed by atoms with Crippen LogP contribution in [-0.2, 0) is 12.8 Å². The van der Waals surface area contributed by atoms with Crippen LogP contribution in [0.5, 0.6) is 5.75 Å². The first-order chi connectivity index (χ1) is 9.76. The minimum absolute atomic E-state index is 0.370. The fourth-order valence-electron chi connectivity index (χ4n) is 2.13. The molecular weight excluding hydrogens is 254 g/mol. The standard InChI is InChI=1S/C15H21N3O2/c1-4-12(16-2)10-15-17-14(18-20-15)9-11-7-5-6-8-13(11)19-3/h5-8,12,16H,4,9-10H2,1-3H3. The number of aromatic nitrogens is 2. The van der Waals surface area contributed by atoms with E-state index in [4.69, 9.17) is 9.26 Å². The van der Waals surface area contributed by atoms with Crippen LogP contribution in [0.15, 0.2) is 28.8 Å². The van der Waals surface area contributed by atoms with Crippen molar-refractivity contribution in [3.8, 4) is 5.75 Å². The minimum atomic E-state index is 0.370. The van der Waals surface area contributed by atoms with E-state index in [0.717, 1.165) is 24.2 Å². The summed E-state index contributed by atoms with van der Waals surface area (Å²) in [6.45, 7) is 2.13. The van der Waals surface area contributed by atoms with E-state index in [0.29, 0.717) is 24.2 Å². The van der Waals surface area contributed by atoms with Gasteiger partial charge in [-0.25, -0.2) is 0 Å². The van der Waals surface area contributed by atoms with Gasteiger partial charge in [0, 0.05) is 24.4 Å². The third-order valence-electron chi connectivity index (χ3n) is 3.37. The zero-order chi connectivity index (χ0) is 14.4. The minimum Gasteiger partial charge on any atom is -0.496 e. The maximum atomic E-state index is 5.33. The summed E-state index contributed by atoms with van der Waals surface area (Å²) < 4.78 is 10.6. The molecule has 0 saturated heterocycles. The van der Waals surface area contributed by atoms with Crippen LogP contribution in [0.4, 0.5) is 0 Å². The van der Waals surface area contributed by atoms with Gasteiger partial charge in [-0.2, -0.15) is 4.98 Å². The molecule has 5 nitrogen and oxygen atoms in total. The monoisotopic (exact) mass is 275 g/mol. The molecule has 108 valence electrons. The molecule has 0 bridgehead atoms. The van der Waals surface area contributed by atoms with Crippen LogP contribution in [0, 0.1) is 0 Å². The van der Waals surface area contributed by atoms with Gasteiger partial charge < -0.3 is 14.6 Å². The maximum Gasteiger partial charge on any atom is 0.228 e. The lowest BCUT2D eigenvalue weighted by Gasteiger charge is -2.09. The number of likely N-dealkylation sites (N-methyl/N-ethyl adjacent to an activating group) is 1. The molecule has 0 aliphatic rings. The van der Waals surface area contributed by atoms with Crippen LogP contribution >= 0.6 is 0 Å². The van der Waals surface area contributed by atoms with E-state index in [9.17, 15) is 0 Å². The summed E-state index contributed by atoms with van der Waals surface area (Å²) in [4.78, 5) is 4.44. The van der Waals surface area contributed by atoms with Gasteiger partial charge in [0.2, 0.25) is 5.89 Å². The van der Waals surface area contributed by atoms with Crippen molar-refractivity contribution in [1.82, 2.24) is 15.5 Å². The largest absolute Gasteiger partial charge is 0.496 e. The average molecular weight is 275 g/mol. The molecule has 1 unspecified atom stereocenters. The Labute approximate surface area is 119 Å². The number of rotatable bonds is 7. The molecule has 5 heteroatoms. The molecule has 2 aromatic rings. The zero-order valence-electron chi connectivity index (χ0n) is 12.2. The molecule has 0 spiro atoms. The predicted molar refractivity (Wildman–Crippen MR) is 76.9 cm³/mol. The summed E-state index contributed by atoms with van der Waals surface area (Å²) in [6, 6.07) is 8.24. The molecule has 0 amide bonds. The van der Waals surface area contributed by atoms with E-state index in [1.54, 1.807) is 7.11 Å². The van der Waals surface area contributed by atoms with Crippen molar-refractivity contribution < 1.29 is 9.26 Å². The third kappa shape index (κ3) is 3.57. The summed E-state index contributed by atoms with van der Waals surface area (Å²) in [5, 5.41) is 7.27. The average Bonchev–Trinajstić information content (AvgIpc) is 2.92. The Kier molecular flexibility index (Phi) is 5.12. The Morgan fingerprint density at radius 1 is 1.35 bits per heavy atom. The molecule has 0 radical (unpaired) electrons. The molecule has 0 saturated carbocycles. The Bertz CT molecular complexity index is 535. The van der Waals surface area contributed by atoms with Gasteiger partial charge in [-0.15, -0.1) is 0 Å². The number of nitrogens with zero attached hydrogens (tertiary/aromatic N) is 2. The molecule has 1 atom stereocenters. The molecule has 1 aromatic heterocycles. The van der Waals surface area contributed by atoms with Crippen molar-refractivity contribution in [2.75, 3.05) is 14.2 Å². The van der Waals surface area contributed by atoms with Gasteiger partial charge in [0.05, 0.1) is 7.11 Å². The second-order valence-corrected chi connectivity index (χ2v) is 4.69. The van der Waals surface area contributed by atoms with Crippen LogP contribution in [0.1, 0.15) is 30.6 Å². The number of benzene rings is 1. The third-order valence-corrected chi connectivity index (χ3v) is 3.37. The lowest BCUT2D eigenvalue weighted by atomic mass is 10.1. The second-order valence-electron chi connectivity index (χ2n) is 4.69. The molecule has 0 aliphatic heterocycles. The molecule has 1 aromatic carbocycles. The Morgan fingerprint density at radius 2 is 2.15 bits per heavy atom. The van der Waals surface area contributed by atoms with Gasteiger partial charge >= 0.3 is 0 Å². The van der Waals surface area contributed by atoms with Crippen molar-refractivity contribution in [3.05, 3.63) is 41.5 Å². The maximum absolute atomic E-state index is 5.33. The van der Waals surface area contributed by atoms with E-state index in [2.05, 4.69) is 22.4 Å². The Morgan fingerprint density at radius 3 is 2.85 bits per heavy atom. The van der Waals surface area contributed by atoms with Gasteiger partial charge in [-0.3, -0.25) is 0 Å². The van der Waals surface area contributed by atoms with Crippen molar-refractivity contribution in [3.63, 3.8) is 0 Å². The van der Waals surface area contributed by atoms with E-state index in [1.807, 2.05) is 31.3 Å². The van der Waals surface area contributed by atoms with E-state index in [-0.39, 0.29) is 0 Å². The number of methoxy groups -OCH3 is 1. The summed E-state index contributed by atoms with van der Waals surface area (Å²) in [7, 11) is 3.61. The fraction of sp³-hybridized carbons (Fsp3) is 0.467. The Hall–Kier alpha value is -1.88. The zero-order valence-corrected chi connectivity index (χ0v) is 12.2. The van der Waals surface area contributed by atoms with Gasteiger partial charge in [0.1, 0.15) is 5.75 Å². The first kappa shape index (κ1) is 14.5. The number of para-hydroxylation sites is 1. The lowest BCUT2D eigenvalue weighted by molar-refractivity contribution is 0.355. The van der Waals surface area contributed by atoms with Crippen molar-refractivity contribution in [1.29, 1.82) is 0 Å². The van der Waals surface area contributed by atoms with Crippen molar-refractivity contribution in [2.45, 2.75) is 32.2 Å². The van der Waals surface area contributed by atoms with E-state index < -0.39 is 0 Å². The van der Waals surface area contributed by atoms with E-state index in [1.165, 1.54) is 0 Å². The molecule has 1 N–H and O–H groups in total. The first-order valence-corrected chi connectivity index (χ1v) is 6.87. The van der Waals surface area contributed by atoms with Crippen LogP contribution < -0.4 is 10.1 Å². The normalized spacial score (nSPS) is 12.3.